The van der Waals surface area contributed by atoms with Crippen molar-refractivity contribution >= 4 is 33.5 Å². The maximum atomic E-state index is 11.6. The predicted octanol–water partition coefficient (Wildman–Crippen LogP) is 4.66. The van der Waals surface area contributed by atoms with Crippen molar-refractivity contribution in [1.82, 2.24) is 4.57 Å². The summed E-state index contributed by atoms with van der Waals surface area (Å²) in [4.78, 5) is 11.6. The van der Waals surface area contributed by atoms with Gasteiger partial charge in [0.25, 0.3) is 0 Å². The van der Waals surface area contributed by atoms with Gasteiger partial charge in [0.1, 0.15) is 17.9 Å². The summed E-state index contributed by atoms with van der Waals surface area (Å²) in [6.07, 6.45) is 0. The summed E-state index contributed by atoms with van der Waals surface area (Å²) in [5.74, 6) is 0.740. The molecular formula is C21H18ClNO4. The fourth-order valence-electron chi connectivity index (χ4n) is 3.39. The Morgan fingerprint density at radius 3 is 2.56 bits per heavy atom. The fourth-order valence-corrected chi connectivity index (χ4v) is 3.52. The van der Waals surface area contributed by atoms with E-state index in [2.05, 4.69) is 4.57 Å². The van der Waals surface area contributed by atoms with Gasteiger partial charge in [0.05, 0.1) is 12.3 Å². The summed E-state index contributed by atoms with van der Waals surface area (Å²) in [6.45, 7) is 0.804. The fraction of sp³-hybridized carbons (Fsp3) is 0.190. The molecule has 2 heterocycles. The minimum absolute atomic E-state index is 0.364. The van der Waals surface area contributed by atoms with Crippen molar-refractivity contribution in [3.05, 3.63) is 75.2 Å². The Bertz CT molecular complexity index is 1170. The lowest BCUT2D eigenvalue weighted by Crippen LogP contribution is -2.05. The van der Waals surface area contributed by atoms with Gasteiger partial charge in [-0.1, -0.05) is 11.6 Å². The first-order valence-corrected chi connectivity index (χ1v) is 8.86. The van der Waals surface area contributed by atoms with Crippen LogP contribution < -0.4 is 10.4 Å². The molecule has 0 aliphatic rings. The number of fused-ring (bicyclic) bond motifs is 3. The SMILES string of the molecule is COCc1c(COc2ccc(Cl)cc2)n(C)c2ccc3oc(=O)ccc3c12. The molecule has 0 saturated heterocycles. The number of hydrogen-bond donors (Lipinski definition) is 0. The van der Waals surface area contributed by atoms with E-state index in [0.29, 0.717) is 23.8 Å². The van der Waals surface area contributed by atoms with E-state index in [1.165, 1.54) is 6.07 Å². The zero-order valence-electron chi connectivity index (χ0n) is 15.0. The van der Waals surface area contributed by atoms with Crippen LogP contribution in [-0.2, 0) is 25.0 Å². The van der Waals surface area contributed by atoms with Crippen LogP contribution in [0.2, 0.25) is 5.02 Å². The quantitative estimate of drug-likeness (QED) is 0.470. The minimum Gasteiger partial charge on any atom is -0.487 e. The average Bonchev–Trinajstić information content (AvgIpc) is 2.93. The zero-order chi connectivity index (χ0) is 19.0. The van der Waals surface area contributed by atoms with Gasteiger partial charge in [-0.05, 0) is 42.5 Å². The van der Waals surface area contributed by atoms with Crippen molar-refractivity contribution < 1.29 is 13.9 Å². The summed E-state index contributed by atoms with van der Waals surface area (Å²) in [6, 6.07) is 14.3. The van der Waals surface area contributed by atoms with Gasteiger partial charge in [-0.15, -0.1) is 0 Å². The lowest BCUT2D eigenvalue weighted by atomic mass is 10.1. The Labute approximate surface area is 160 Å². The van der Waals surface area contributed by atoms with Crippen LogP contribution in [0.15, 0.2) is 57.7 Å². The molecule has 2 aromatic heterocycles. The third-order valence-electron chi connectivity index (χ3n) is 4.67. The largest absolute Gasteiger partial charge is 0.487 e. The highest BCUT2D eigenvalue weighted by atomic mass is 35.5. The second-order valence-corrected chi connectivity index (χ2v) is 6.72. The van der Waals surface area contributed by atoms with Crippen molar-refractivity contribution in [1.29, 1.82) is 0 Å². The molecule has 2 aromatic carbocycles. The number of aryl methyl sites for hydroxylation is 1. The summed E-state index contributed by atoms with van der Waals surface area (Å²) < 4.78 is 18.8. The number of ether oxygens (including phenoxy) is 2. The molecule has 0 aliphatic carbocycles. The van der Waals surface area contributed by atoms with Gasteiger partial charge < -0.3 is 18.5 Å². The molecule has 4 rings (SSSR count). The molecule has 0 spiro atoms. The van der Waals surface area contributed by atoms with E-state index in [1.54, 1.807) is 25.3 Å². The van der Waals surface area contributed by atoms with Crippen LogP contribution >= 0.6 is 11.6 Å². The second kappa shape index (κ2) is 7.10. The number of rotatable bonds is 5. The number of nitrogens with zero attached hydrogens (tertiary/aromatic N) is 1. The molecule has 0 aliphatic heterocycles. The lowest BCUT2D eigenvalue weighted by molar-refractivity contribution is 0.182. The Hall–Kier alpha value is -2.76. The van der Waals surface area contributed by atoms with E-state index in [-0.39, 0.29) is 5.63 Å². The highest BCUT2D eigenvalue weighted by molar-refractivity contribution is 6.30. The van der Waals surface area contributed by atoms with Gasteiger partial charge in [0, 0.05) is 47.1 Å². The number of halogens is 1. The standard InChI is InChI=1S/C21H18ClNO4/c1-23-17-8-9-19-15(7-10-20(24)27-19)21(17)16(11-25-2)18(23)12-26-14-5-3-13(22)4-6-14/h3-10H,11-12H2,1-2H3. The Morgan fingerprint density at radius 2 is 1.81 bits per heavy atom. The lowest BCUT2D eigenvalue weighted by Gasteiger charge is -2.10. The average molecular weight is 384 g/mol. The van der Waals surface area contributed by atoms with E-state index in [0.717, 1.165) is 33.3 Å². The molecule has 0 N–H and O–H groups in total. The van der Waals surface area contributed by atoms with Crippen molar-refractivity contribution in [3.8, 4) is 5.75 Å². The Morgan fingerprint density at radius 1 is 1.04 bits per heavy atom. The number of aromatic nitrogens is 1. The highest BCUT2D eigenvalue weighted by Gasteiger charge is 2.18. The van der Waals surface area contributed by atoms with E-state index in [1.807, 2.05) is 31.3 Å². The van der Waals surface area contributed by atoms with Gasteiger partial charge in [0.15, 0.2) is 0 Å². The molecule has 0 amide bonds. The van der Waals surface area contributed by atoms with Crippen LogP contribution in [0.5, 0.6) is 5.75 Å². The molecular weight excluding hydrogens is 366 g/mol. The van der Waals surface area contributed by atoms with E-state index >= 15 is 0 Å². The van der Waals surface area contributed by atoms with E-state index < -0.39 is 0 Å². The van der Waals surface area contributed by atoms with Crippen molar-refractivity contribution in [2.24, 2.45) is 7.05 Å². The van der Waals surface area contributed by atoms with Gasteiger partial charge in [-0.2, -0.15) is 0 Å². The Kier molecular flexibility index (Phi) is 4.64. The molecule has 6 heteroatoms. The molecule has 138 valence electrons. The molecule has 0 saturated carbocycles. The normalized spacial score (nSPS) is 11.4. The third-order valence-corrected chi connectivity index (χ3v) is 4.93. The van der Waals surface area contributed by atoms with Crippen LogP contribution in [0.25, 0.3) is 21.9 Å². The zero-order valence-corrected chi connectivity index (χ0v) is 15.7. The van der Waals surface area contributed by atoms with Gasteiger partial charge in [0.2, 0.25) is 0 Å². The van der Waals surface area contributed by atoms with E-state index in [4.69, 9.17) is 25.5 Å². The van der Waals surface area contributed by atoms with Crippen LogP contribution in [0, 0.1) is 0 Å². The van der Waals surface area contributed by atoms with Crippen LogP contribution in [0.3, 0.4) is 0 Å². The van der Waals surface area contributed by atoms with Crippen LogP contribution in [-0.4, -0.2) is 11.7 Å². The highest BCUT2D eigenvalue weighted by Crippen LogP contribution is 2.33. The molecule has 0 fully saturated rings. The maximum absolute atomic E-state index is 11.6. The topological polar surface area (TPSA) is 53.6 Å². The molecule has 5 nitrogen and oxygen atoms in total. The van der Waals surface area contributed by atoms with Crippen molar-refractivity contribution in [3.63, 3.8) is 0 Å². The molecule has 27 heavy (non-hydrogen) atoms. The predicted molar refractivity (Wildman–Crippen MR) is 105 cm³/mol. The van der Waals surface area contributed by atoms with Crippen molar-refractivity contribution in [2.45, 2.75) is 13.2 Å². The monoisotopic (exact) mass is 383 g/mol. The maximum Gasteiger partial charge on any atom is 0.336 e. The van der Waals surface area contributed by atoms with Crippen LogP contribution in [0.4, 0.5) is 0 Å². The van der Waals surface area contributed by atoms with Crippen LogP contribution in [0.1, 0.15) is 11.3 Å². The minimum atomic E-state index is -0.364. The van der Waals surface area contributed by atoms with Gasteiger partial charge >= 0.3 is 5.63 Å². The molecule has 0 radical (unpaired) electrons. The summed E-state index contributed by atoms with van der Waals surface area (Å²) in [5.41, 5.74) is 3.24. The molecule has 0 unspecified atom stereocenters. The first-order valence-electron chi connectivity index (χ1n) is 8.49. The first-order chi connectivity index (χ1) is 13.1. The number of hydrogen-bond acceptors (Lipinski definition) is 4. The molecule has 0 bridgehead atoms. The summed E-state index contributed by atoms with van der Waals surface area (Å²) >= 11 is 5.93. The van der Waals surface area contributed by atoms with Crippen molar-refractivity contribution in [2.75, 3.05) is 7.11 Å². The van der Waals surface area contributed by atoms with E-state index in [9.17, 15) is 4.79 Å². The Balaban J connectivity index is 1.84. The smallest absolute Gasteiger partial charge is 0.336 e. The summed E-state index contributed by atoms with van der Waals surface area (Å²) in [7, 11) is 3.65. The second-order valence-electron chi connectivity index (χ2n) is 6.29. The third kappa shape index (κ3) is 3.20. The summed E-state index contributed by atoms with van der Waals surface area (Å²) in [5, 5.41) is 2.56. The number of benzene rings is 2. The molecule has 4 aromatic rings. The number of methoxy groups -OCH3 is 1. The van der Waals surface area contributed by atoms with Gasteiger partial charge in [-0.3, -0.25) is 0 Å². The van der Waals surface area contributed by atoms with Gasteiger partial charge in [-0.25, -0.2) is 4.79 Å². The molecule has 0 atom stereocenters. The first kappa shape index (κ1) is 17.6.